The highest BCUT2D eigenvalue weighted by atomic mass is 32.1. The Kier molecular flexibility index (Phi) is 5.91. The van der Waals surface area contributed by atoms with Crippen molar-refractivity contribution in [3.05, 3.63) is 84.7 Å². The topological polar surface area (TPSA) is 90.3 Å². The summed E-state index contributed by atoms with van der Waals surface area (Å²) in [5, 5.41) is 1.97. The van der Waals surface area contributed by atoms with E-state index in [2.05, 4.69) is 0 Å². The molecule has 146 valence electrons. The summed E-state index contributed by atoms with van der Waals surface area (Å²) in [6.07, 6.45) is 0. The Balaban J connectivity index is 1.92. The number of hydrogen-bond donors (Lipinski definition) is 1. The van der Waals surface area contributed by atoms with Crippen LogP contribution in [0.15, 0.2) is 57.4 Å². The van der Waals surface area contributed by atoms with Crippen molar-refractivity contribution in [1.82, 2.24) is 14.0 Å². The number of anilines is 1. The van der Waals surface area contributed by atoms with Crippen molar-refractivity contribution in [1.29, 1.82) is 0 Å². The van der Waals surface area contributed by atoms with Crippen molar-refractivity contribution in [2.75, 3.05) is 19.3 Å². The fraction of sp³-hybridized carbons (Fsp3) is 0.250. The van der Waals surface area contributed by atoms with Crippen LogP contribution in [0.2, 0.25) is 0 Å². The molecule has 2 N–H and O–H groups in total. The van der Waals surface area contributed by atoms with Gasteiger partial charge in [-0.1, -0.05) is 36.4 Å². The number of nitrogen functional groups attached to an aromatic ring is 1. The highest BCUT2D eigenvalue weighted by Crippen LogP contribution is 2.13. The van der Waals surface area contributed by atoms with Gasteiger partial charge in [-0.3, -0.25) is 23.6 Å². The molecular formula is C20H22N4O3S. The number of rotatable bonds is 7. The summed E-state index contributed by atoms with van der Waals surface area (Å²) in [4.78, 5) is 40.9. The van der Waals surface area contributed by atoms with Crippen LogP contribution in [-0.4, -0.2) is 33.4 Å². The normalized spacial score (nSPS) is 11.1. The summed E-state index contributed by atoms with van der Waals surface area (Å²) in [5.41, 5.74) is 5.62. The van der Waals surface area contributed by atoms with Gasteiger partial charge in [0.2, 0.25) is 0 Å². The third-order valence-electron chi connectivity index (χ3n) is 4.47. The zero-order valence-corrected chi connectivity index (χ0v) is 16.6. The Hall–Kier alpha value is -2.97. The molecule has 28 heavy (non-hydrogen) atoms. The molecule has 2 aromatic heterocycles. The SMILES string of the molecule is CN(CC(=O)c1c(N)n(Cc2ccccc2)c(=O)n(C)c1=O)Cc1cccs1. The lowest BCUT2D eigenvalue weighted by atomic mass is 10.1. The Morgan fingerprint density at radius 2 is 1.86 bits per heavy atom. The summed E-state index contributed by atoms with van der Waals surface area (Å²) < 4.78 is 2.20. The van der Waals surface area contributed by atoms with Crippen molar-refractivity contribution in [3.8, 4) is 0 Å². The van der Waals surface area contributed by atoms with Gasteiger partial charge in [0.05, 0.1) is 13.1 Å². The quantitative estimate of drug-likeness (QED) is 0.610. The average Bonchev–Trinajstić information content (AvgIpc) is 3.17. The Morgan fingerprint density at radius 1 is 1.14 bits per heavy atom. The standard InChI is InChI=1S/C20H22N4O3S/c1-22(12-15-9-6-10-28-15)13-16(25)17-18(21)24(20(27)23(2)19(17)26)11-14-7-4-3-5-8-14/h3-10H,11-13,21H2,1-2H3. The van der Waals surface area contributed by atoms with Gasteiger partial charge in [0.25, 0.3) is 5.56 Å². The number of benzene rings is 1. The van der Waals surface area contributed by atoms with Crippen LogP contribution in [0.5, 0.6) is 0 Å². The van der Waals surface area contributed by atoms with E-state index < -0.39 is 17.0 Å². The largest absolute Gasteiger partial charge is 0.384 e. The van der Waals surface area contributed by atoms with Gasteiger partial charge in [-0.05, 0) is 24.1 Å². The lowest BCUT2D eigenvalue weighted by Crippen LogP contribution is -2.44. The zero-order chi connectivity index (χ0) is 20.3. The molecule has 3 rings (SSSR count). The predicted molar refractivity (Wildman–Crippen MR) is 111 cm³/mol. The molecule has 8 heteroatoms. The lowest BCUT2D eigenvalue weighted by Gasteiger charge is -2.17. The molecule has 0 aliphatic rings. The molecule has 7 nitrogen and oxygen atoms in total. The first-order valence-corrected chi connectivity index (χ1v) is 9.63. The van der Waals surface area contributed by atoms with E-state index in [1.165, 1.54) is 11.6 Å². The van der Waals surface area contributed by atoms with Crippen LogP contribution in [0.3, 0.4) is 0 Å². The average molecular weight is 398 g/mol. The van der Waals surface area contributed by atoms with E-state index >= 15 is 0 Å². The molecule has 0 spiro atoms. The van der Waals surface area contributed by atoms with Gasteiger partial charge < -0.3 is 5.73 Å². The first-order chi connectivity index (χ1) is 13.4. The number of thiophene rings is 1. The van der Waals surface area contributed by atoms with Crippen LogP contribution >= 0.6 is 11.3 Å². The number of carbonyl (C=O) groups excluding carboxylic acids is 1. The highest BCUT2D eigenvalue weighted by molar-refractivity contribution is 7.09. The third-order valence-corrected chi connectivity index (χ3v) is 5.33. The lowest BCUT2D eigenvalue weighted by molar-refractivity contribution is 0.0941. The molecule has 0 radical (unpaired) electrons. The molecule has 1 aromatic carbocycles. The molecule has 0 aliphatic heterocycles. The fourth-order valence-electron chi connectivity index (χ4n) is 3.01. The molecule has 3 aromatic rings. The van der Waals surface area contributed by atoms with Crippen molar-refractivity contribution < 1.29 is 4.79 Å². The number of likely N-dealkylation sites (N-methyl/N-ethyl adjacent to an activating group) is 1. The van der Waals surface area contributed by atoms with Gasteiger partial charge in [-0.2, -0.15) is 0 Å². The minimum absolute atomic E-state index is 0.0287. The van der Waals surface area contributed by atoms with E-state index in [9.17, 15) is 14.4 Å². The number of Topliss-reactive ketones (excluding diaryl/α,β-unsaturated/α-hetero) is 1. The zero-order valence-electron chi connectivity index (χ0n) is 15.8. The van der Waals surface area contributed by atoms with Gasteiger partial charge in [-0.15, -0.1) is 11.3 Å². The maximum absolute atomic E-state index is 12.8. The van der Waals surface area contributed by atoms with Gasteiger partial charge in [0.15, 0.2) is 5.78 Å². The predicted octanol–water partition coefficient (Wildman–Crippen LogP) is 1.55. The first kappa shape index (κ1) is 19.8. The van der Waals surface area contributed by atoms with Crippen LogP contribution in [0.25, 0.3) is 0 Å². The number of ketones is 1. The molecule has 0 bridgehead atoms. The monoisotopic (exact) mass is 398 g/mol. The summed E-state index contributed by atoms with van der Waals surface area (Å²) in [6, 6.07) is 13.2. The first-order valence-electron chi connectivity index (χ1n) is 8.76. The molecule has 0 amide bonds. The van der Waals surface area contributed by atoms with Gasteiger partial charge in [0, 0.05) is 18.5 Å². The van der Waals surface area contributed by atoms with Crippen LogP contribution in [0.4, 0.5) is 5.82 Å². The number of nitrogens with zero attached hydrogens (tertiary/aromatic N) is 3. The van der Waals surface area contributed by atoms with Gasteiger partial charge >= 0.3 is 5.69 Å². The number of nitrogens with two attached hydrogens (primary N) is 1. The maximum Gasteiger partial charge on any atom is 0.332 e. The minimum Gasteiger partial charge on any atom is -0.384 e. The summed E-state index contributed by atoms with van der Waals surface area (Å²) in [6.45, 7) is 0.805. The van der Waals surface area contributed by atoms with E-state index in [-0.39, 0.29) is 24.5 Å². The smallest absolute Gasteiger partial charge is 0.332 e. The highest BCUT2D eigenvalue weighted by Gasteiger charge is 2.22. The van der Waals surface area contributed by atoms with Crippen LogP contribution in [0, 0.1) is 0 Å². The summed E-state index contributed by atoms with van der Waals surface area (Å²) in [5.74, 6) is -0.495. The molecule has 0 unspecified atom stereocenters. The molecule has 0 aliphatic carbocycles. The second-order valence-electron chi connectivity index (χ2n) is 6.65. The van der Waals surface area contributed by atoms with Crippen molar-refractivity contribution in [3.63, 3.8) is 0 Å². The minimum atomic E-state index is -0.665. The number of hydrogen-bond acceptors (Lipinski definition) is 6. The fourth-order valence-corrected chi connectivity index (χ4v) is 3.80. The maximum atomic E-state index is 12.8. The Morgan fingerprint density at radius 3 is 2.50 bits per heavy atom. The van der Waals surface area contributed by atoms with E-state index in [0.717, 1.165) is 15.0 Å². The molecule has 0 fully saturated rings. The molecule has 2 heterocycles. The van der Waals surface area contributed by atoms with E-state index in [0.29, 0.717) is 6.54 Å². The molecular weight excluding hydrogens is 376 g/mol. The van der Waals surface area contributed by atoms with E-state index in [4.69, 9.17) is 5.73 Å². The summed E-state index contributed by atoms with van der Waals surface area (Å²) >= 11 is 1.60. The van der Waals surface area contributed by atoms with Crippen LogP contribution < -0.4 is 17.0 Å². The number of aromatic nitrogens is 2. The molecule has 0 saturated heterocycles. The number of carbonyl (C=O) groups is 1. The van der Waals surface area contributed by atoms with Crippen LogP contribution in [0.1, 0.15) is 20.8 Å². The summed E-state index contributed by atoms with van der Waals surface area (Å²) in [7, 11) is 3.16. The van der Waals surface area contributed by atoms with Crippen molar-refractivity contribution in [2.24, 2.45) is 7.05 Å². The van der Waals surface area contributed by atoms with Gasteiger partial charge in [0.1, 0.15) is 11.4 Å². The third kappa shape index (κ3) is 4.13. The molecule has 0 atom stereocenters. The van der Waals surface area contributed by atoms with Crippen LogP contribution in [-0.2, 0) is 20.1 Å². The van der Waals surface area contributed by atoms with E-state index in [1.54, 1.807) is 18.4 Å². The second-order valence-corrected chi connectivity index (χ2v) is 7.69. The van der Waals surface area contributed by atoms with Crippen molar-refractivity contribution >= 4 is 22.9 Å². The van der Waals surface area contributed by atoms with E-state index in [1.807, 2.05) is 52.7 Å². The molecule has 0 saturated carbocycles. The van der Waals surface area contributed by atoms with Gasteiger partial charge in [-0.25, -0.2) is 4.79 Å². The van der Waals surface area contributed by atoms with Crippen molar-refractivity contribution in [2.45, 2.75) is 13.1 Å². The Labute approximate surface area is 166 Å². The Bertz CT molecular complexity index is 1090. The second kappa shape index (κ2) is 8.37.